The van der Waals surface area contributed by atoms with E-state index in [4.69, 9.17) is 4.74 Å². The van der Waals surface area contributed by atoms with Crippen LogP contribution in [0.2, 0.25) is 0 Å². The van der Waals surface area contributed by atoms with Crippen LogP contribution in [0.25, 0.3) is 0 Å². The molecular weight excluding hydrogens is 425 g/mol. The minimum absolute atomic E-state index is 0.0483. The second kappa shape index (κ2) is 10.5. The first-order valence-electron chi connectivity index (χ1n) is 10.7. The van der Waals surface area contributed by atoms with Crippen LogP contribution < -0.4 is 10.6 Å². The number of piperidine rings is 1. The molecular formula is C21H30FN3O5S. The van der Waals surface area contributed by atoms with Crippen molar-refractivity contribution in [1.29, 1.82) is 0 Å². The van der Waals surface area contributed by atoms with E-state index in [-0.39, 0.29) is 29.1 Å². The second-order valence-corrected chi connectivity index (χ2v) is 9.96. The smallest absolute Gasteiger partial charge is 0.309 e. The number of halogens is 1. The third-order valence-electron chi connectivity index (χ3n) is 5.79. The van der Waals surface area contributed by atoms with Gasteiger partial charge in [-0.1, -0.05) is 6.42 Å². The molecule has 0 bridgehead atoms. The number of carbonyl (C=O) groups is 2. The van der Waals surface area contributed by atoms with Gasteiger partial charge in [0, 0.05) is 32.3 Å². The summed E-state index contributed by atoms with van der Waals surface area (Å²) in [7, 11) is -3.77. The Kier molecular flexibility index (Phi) is 8.01. The van der Waals surface area contributed by atoms with Crippen LogP contribution in [0.4, 0.5) is 4.39 Å². The summed E-state index contributed by atoms with van der Waals surface area (Å²) in [5.41, 5.74) is 0.274. The normalized spacial score (nSPS) is 22.3. The highest BCUT2D eigenvalue weighted by Crippen LogP contribution is 2.27. The van der Waals surface area contributed by atoms with Crippen molar-refractivity contribution in [1.82, 2.24) is 14.9 Å². The Balaban J connectivity index is 1.53. The van der Waals surface area contributed by atoms with Gasteiger partial charge >= 0.3 is 11.8 Å². The number of benzene rings is 1. The summed E-state index contributed by atoms with van der Waals surface area (Å²) in [6.07, 6.45) is 4.45. The van der Waals surface area contributed by atoms with Gasteiger partial charge in [-0.2, -0.15) is 4.31 Å². The molecule has 2 saturated heterocycles. The van der Waals surface area contributed by atoms with Gasteiger partial charge in [0.1, 0.15) is 5.82 Å². The van der Waals surface area contributed by atoms with Crippen LogP contribution in [0.1, 0.15) is 44.1 Å². The Labute approximate surface area is 182 Å². The van der Waals surface area contributed by atoms with E-state index in [1.807, 2.05) is 0 Å². The maximum atomic E-state index is 13.6. The highest BCUT2D eigenvalue weighted by atomic mass is 32.2. The van der Waals surface area contributed by atoms with Gasteiger partial charge in [-0.3, -0.25) is 9.59 Å². The summed E-state index contributed by atoms with van der Waals surface area (Å²) in [5, 5.41) is 5.13. The lowest BCUT2D eigenvalue weighted by molar-refractivity contribution is -0.139. The van der Waals surface area contributed by atoms with Gasteiger partial charge in [0.15, 0.2) is 0 Å². The fourth-order valence-corrected chi connectivity index (χ4v) is 5.83. The number of aryl methyl sites for hydroxylation is 1. The first kappa shape index (κ1) is 23.6. The summed E-state index contributed by atoms with van der Waals surface area (Å²) in [4.78, 5) is 24.0. The lowest BCUT2D eigenvalue weighted by Gasteiger charge is -2.34. The minimum atomic E-state index is -3.77. The lowest BCUT2D eigenvalue weighted by atomic mass is 10.0. The number of nitrogens with one attached hydrogen (secondary N) is 2. The van der Waals surface area contributed by atoms with Gasteiger partial charge in [0.25, 0.3) is 0 Å². The van der Waals surface area contributed by atoms with Crippen LogP contribution in [0, 0.1) is 12.7 Å². The number of ether oxygens (including phenoxy) is 1. The third-order valence-corrected chi connectivity index (χ3v) is 7.74. The summed E-state index contributed by atoms with van der Waals surface area (Å²) in [6.45, 7) is 3.06. The number of nitrogens with zero attached hydrogens (tertiary/aromatic N) is 1. The Bertz CT molecular complexity index is 902. The summed E-state index contributed by atoms with van der Waals surface area (Å²) in [6, 6.07) is 3.50. The van der Waals surface area contributed by atoms with Crippen molar-refractivity contribution >= 4 is 21.8 Å². The van der Waals surface area contributed by atoms with Crippen molar-refractivity contribution in [2.75, 3.05) is 26.2 Å². The largest absolute Gasteiger partial charge is 0.376 e. The highest BCUT2D eigenvalue weighted by Gasteiger charge is 2.33. The molecule has 0 aromatic heterocycles. The Hall–Kier alpha value is -2.04. The first-order valence-corrected chi connectivity index (χ1v) is 12.2. The van der Waals surface area contributed by atoms with Gasteiger partial charge in [-0.25, -0.2) is 12.8 Å². The predicted octanol–water partition coefficient (Wildman–Crippen LogP) is 1.48. The molecule has 0 spiro atoms. The van der Waals surface area contributed by atoms with Gasteiger partial charge in [0.05, 0.1) is 11.0 Å². The van der Waals surface area contributed by atoms with Gasteiger partial charge in [0.2, 0.25) is 10.0 Å². The summed E-state index contributed by atoms with van der Waals surface area (Å²) in [5.74, 6) is -1.91. The molecule has 2 aliphatic heterocycles. The minimum Gasteiger partial charge on any atom is -0.376 e. The van der Waals surface area contributed by atoms with Gasteiger partial charge in [-0.05, 0) is 62.8 Å². The van der Waals surface area contributed by atoms with Gasteiger partial charge in [-0.15, -0.1) is 0 Å². The standard InChI is InChI=1S/C21H30FN3O5S/c1-15-13-18(7-8-19(15)22)31(28,29)25-11-3-2-5-16(25)9-10-23-20(26)21(27)24-14-17-6-4-12-30-17/h7-8,13,16-17H,2-6,9-12,14H2,1H3,(H,23,26)(H,24,27)/t16-,17+/m0/s1. The zero-order chi connectivity index (χ0) is 22.4. The molecule has 172 valence electrons. The van der Waals surface area contributed by atoms with Gasteiger partial charge < -0.3 is 15.4 Å². The van der Waals surface area contributed by atoms with Crippen LogP contribution in [0.5, 0.6) is 0 Å². The van der Waals surface area contributed by atoms with Crippen molar-refractivity contribution in [3.05, 3.63) is 29.6 Å². The summed E-state index contributed by atoms with van der Waals surface area (Å²) >= 11 is 0. The molecule has 1 aromatic rings. The monoisotopic (exact) mass is 455 g/mol. The number of sulfonamides is 1. The number of carbonyl (C=O) groups excluding carboxylic acids is 2. The Morgan fingerprint density at radius 2 is 1.94 bits per heavy atom. The molecule has 2 amide bonds. The van der Waals surface area contributed by atoms with E-state index >= 15 is 0 Å². The molecule has 2 fully saturated rings. The molecule has 2 N–H and O–H groups in total. The lowest BCUT2D eigenvalue weighted by Crippen LogP contribution is -2.47. The number of rotatable bonds is 7. The molecule has 2 atom stereocenters. The van der Waals surface area contributed by atoms with Crippen LogP contribution >= 0.6 is 0 Å². The maximum Gasteiger partial charge on any atom is 0.309 e. The van der Waals surface area contributed by atoms with E-state index in [2.05, 4.69) is 10.6 Å². The molecule has 1 aromatic carbocycles. The molecule has 0 saturated carbocycles. The van der Waals surface area contributed by atoms with E-state index in [9.17, 15) is 22.4 Å². The topological polar surface area (TPSA) is 105 Å². The summed E-state index contributed by atoms with van der Waals surface area (Å²) < 4.78 is 46.6. The number of amides is 2. The zero-order valence-electron chi connectivity index (χ0n) is 17.7. The van der Waals surface area contributed by atoms with E-state index in [1.165, 1.54) is 23.4 Å². The number of hydrogen-bond donors (Lipinski definition) is 2. The number of hydrogen-bond acceptors (Lipinski definition) is 5. The SMILES string of the molecule is Cc1cc(S(=O)(=O)N2CCCC[C@H]2CCNC(=O)C(=O)NC[C@H]2CCCO2)ccc1F. The van der Waals surface area contributed by atoms with E-state index in [0.29, 0.717) is 32.5 Å². The fraction of sp³-hybridized carbons (Fsp3) is 0.619. The van der Waals surface area contributed by atoms with Crippen molar-refractivity contribution in [3.8, 4) is 0 Å². The second-order valence-electron chi connectivity index (χ2n) is 8.07. The van der Waals surface area contributed by atoms with Crippen molar-refractivity contribution in [2.24, 2.45) is 0 Å². The third kappa shape index (κ3) is 6.02. The Morgan fingerprint density at radius 3 is 2.65 bits per heavy atom. The van der Waals surface area contributed by atoms with E-state index in [1.54, 1.807) is 0 Å². The maximum absolute atomic E-state index is 13.6. The molecule has 10 heteroatoms. The molecule has 8 nitrogen and oxygen atoms in total. The molecule has 2 aliphatic rings. The van der Waals surface area contributed by atoms with Crippen LogP contribution in [-0.4, -0.2) is 62.9 Å². The molecule has 0 unspecified atom stereocenters. The van der Waals surface area contributed by atoms with Crippen molar-refractivity contribution < 1.29 is 27.1 Å². The van der Waals surface area contributed by atoms with Crippen molar-refractivity contribution in [2.45, 2.75) is 62.5 Å². The fourth-order valence-electron chi connectivity index (χ4n) is 4.02. The molecule has 0 radical (unpaired) electrons. The molecule has 3 rings (SSSR count). The highest BCUT2D eigenvalue weighted by molar-refractivity contribution is 7.89. The molecule has 2 heterocycles. The van der Waals surface area contributed by atoms with E-state index < -0.39 is 27.7 Å². The van der Waals surface area contributed by atoms with Crippen LogP contribution in [0.3, 0.4) is 0 Å². The molecule has 0 aliphatic carbocycles. The zero-order valence-corrected chi connectivity index (χ0v) is 18.5. The molecule has 31 heavy (non-hydrogen) atoms. The van der Waals surface area contributed by atoms with Crippen molar-refractivity contribution in [3.63, 3.8) is 0 Å². The van der Waals surface area contributed by atoms with E-state index in [0.717, 1.165) is 31.7 Å². The quantitative estimate of drug-likeness (QED) is 0.606. The average Bonchev–Trinajstić information content (AvgIpc) is 3.27. The Morgan fingerprint density at radius 1 is 1.16 bits per heavy atom. The van der Waals surface area contributed by atoms with Crippen LogP contribution in [-0.2, 0) is 24.3 Å². The van der Waals surface area contributed by atoms with Crippen LogP contribution in [0.15, 0.2) is 23.1 Å². The first-order chi connectivity index (χ1) is 14.8. The predicted molar refractivity (Wildman–Crippen MR) is 112 cm³/mol. The average molecular weight is 456 g/mol.